The molecule has 1 aliphatic rings. The fourth-order valence-corrected chi connectivity index (χ4v) is 5.82. The summed E-state index contributed by atoms with van der Waals surface area (Å²) in [6, 6.07) is 0. The molecule has 250 valence electrons. The predicted octanol–water partition coefficient (Wildman–Crippen LogP) is 12.1. The first-order valence-electron chi connectivity index (χ1n) is 18.7. The molecule has 0 atom stereocenters. The van der Waals surface area contributed by atoms with Gasteiger partial charge in [-0.3, -0.25) is 0 Å². The van der Waals surface area contributed by atoms with Gasteiger partial charge in [-0.1, -0.05) is 114 Å². The fourth-order valence-electron chi connectivity index (χ4n) is 5.82. The Hall–Kier alpha value is -1.16. The molecule has 0 unspecified atom stereocenters. The average Bonchev–Trinajstić information content (AvgIpc) is 3.01. The van der Waals surface area contributed by atoms with Crippen molar-refractivity contribution in [1.82, 2.24) is 4.90 Å². The molecule has 1 fully saturated rings. The summed E-state index contributed by atoms with van der Waals surface area (Å²) in [5, 5.41) is 0. The Morgan fingerprint density at radius 1 is 0.581 bits per heavy atom. The Morgan fingerprint density at radius 2 is 1.07 bits per heavy atom. The van der Waals surface area contributed by atoms with Crippen LogP contribution in [0.5, 0.6) is 0 Å². The molecule has 0 aromatic carbocycles. The van der Waals surface area contributed by atoms with Gasteiger partial charge in [0.25, 0.3) is 0 Å². The number of rotatable bonds is 29. The molecule has 1 rings (SSSR count). The molecule has 0 aliphatic heterocycles. The third kappa shape index (κ3) is 24.8. The van der Waals surface area contributed by atoms with Crippen LogP contribution in [0.2, 0.25) is 0 Å². The van der Waals surface area contributed by atoms with Gasteiger partial charge in [-0.25, -0.2) is 0 Å². The van der Waals surface area contributed by atoms with Gasteiger partial charge in [-0.15, -0.1) is 0 Å². The molecule has 0 heterocycles. The van der Waals surface area contributed by atoms with E-state index >= 15 is 0 Å². The Kier molecular flexibility index (Phi) is 27.4. The monoisotopic (exact) mass is 600 g/mol. The maximum Gasteiger partial charge on any atom is 0.168 e. The van der Waals surface area contributed by atoms with Crippen molar-refractivity contribution in [1.29, 1.82) is 0 Å². The molecule has 0 radical (unpaired) electrons. The second-order valence-corrected chi connectivity index (χ2v) is 13.2. The lowest BCUT2D eigenvalue weighted by Crippen LogP contribution is -2.41. The van der Waals surface area contributed by atoms with E-state index in [0.717, 1.165) is 51.2 Å². The molecule has 0 spiro atoms. The van der Waals surface area contributed by atoms with Crippen molar-refractivity contribution in [3.63, 3.8) is 0 Å². The molecule has 43 heavy (non-hydrogen) atoms. The molecular weight excluding hydrogens is 526 g/mol. The minimum absolute atomic E-state index is 0.325. The van der Waals surface area contributed by atoms with Gasteiger partial charge in [0, 0.05) is 12.8 Å². The number of hydrogen-bond acceptors (Lipinski definition) is 3. The van der Waals surface area contributed by atoms with Crippen LogP contribution in [0.25, 0.3) is 0 Å². The summed E-state index contributed by atoms with van der Waals surface area (Å²) in [6.45, 7) is 7.40. The largest absolute Gasteiger partial charge is 0.350 e. The maximum absolute atomic E-state index is 6.59. The second-order valence-electron chi connectivity index (χ2n) is 13.2. The SMILES string of the molecule is CCCC/C=C/C/C=C/CCCCCCOC1(OCCCCCC/C=C/C=C/CCCCC)CCC(CCN(C)C)CC1. The molecule has 1 aliphatic carbocycles. The van der Waals surface area contributed by atoms with Gasteiger partial charge in [0.05, 0.1) is 13.2 Å². The van der Waals surface area contributed by atoms with Gasteiger partial charge in [0.1, 0.15) is 0 Å². The van der Waals surface area contributed by atoms with Crippen molar-refractivity contribution < 1.29 is 9.47 Å². The standard InChI is InChI=1S/C40H73NO2/c1-5-7-9-11-13-15-17-19-21-23-25-27-29-37-42-40(34-31-39(32-35-40)33-36-41(3)4)43-38-30-28-26-24-22-20-18-16-14-12-10-8-6-2/h11,13-14,16-20,39H,5-10,12,15,21-38H2,1-4H3/b13-11+,16-14+,19-17+,20-18+. The minimum Gasteiger partial charge on any atom is -0.350 e. The number of unbranched alkanes of at least 4 members (excludes halogenated alkanes) is 13. The third-order valence-corrected chi connectivity index (χ3v) is 8.80. The lowest BCUT2D eigenvalue weighted by molar-refractivity contribution is -0.257. The summed E-state index contributed by atoms with van der Waals surface area (Å²) in [5.74, 6) is 0.496. The summed E-state index contributed by atoms with van der Waals surface area (Å²) in [4.78, 5) is 2.32. The van der Waals surface area contributed by atoms with Crippen molar-refractivity contribution in [2.24, 2.45) is 5.92 Å². The Bertz CT molecular complexity index is 699. The van der Waals surface area contributed by atoms with Gasteiger partial charge < -0.3 is 14.4 Å². The summed E-state index contributed by atoms with van der Waals surface area (Å²) in [7, 11) is 4.37. The topological polar surface area (TPSA) is 21.7 Å². The van der Waals surface area contributed by atoms with E-state index in [0.29, 0.717) is 0 Å². The first-order valence-corrected chi connectivity index (χ1v) is 18.7. The molecule has 0 amide bonds. The van der Waals surface area contributed by atoms with Crippen LogP contribution in [0.1, 0.15) is 162 Å². The maximum atomic E-state index is 6.59. The third-order valence-electron chi connectivity index (χ3n) is 8.80. The lowest BCUT2D eigenvalue weighted by atomic mass is 9.83. The van der Waals surface area contributed by atoms with Crippen molar-refractivity contribution in [2.75, 3.05) is 33.9 Å². The highest BCUT2D eigenvalue weighted by molar-refractivity contribution is 5.02. The first-order chi connectivity index (χ1) is 21.1. The van der Waals surface area contributed by atoms with Crippen molar-refractivity contribution >= 4 is 0 Å². The number of hydrogen-bond donors (Lipinski definition) is 0. The van der Waals surface area contributed by atoms with Gasteiger partial charge in [-0.05, 0) is 110 Å². The molecule has 1 saturated carbocycles. The van der Waals surface area contributed by atoms with Crippen LogP contribution in [0.4, 0.5) is 0 Å². The Morgan fingerprint density at radius 3 is 1.60 bits per heavy atom. The van der Waals surface area contributed by atoms with E-state index in [4.69, 9.17) is 9.47 Å². The predicted molar refractivity (Wildman–Crippen MR) is 191 cm³/mol. The number of ether oxygens (including phenoxy) is 2. The van der Waals surface area contributed by atoms with Crippen LogP contribution in [-0.2, 0) is 9.47 Å². The van der Waals surface area contributed by atoms with E-state index in [1.807, 2.05) is 0 Å². The van der Waals surface area contributed by atoms with E-state index in [-0.39, 0.29) is 5.79 Å². The quantitative estimate of drug-likeness (QED) is 0.0369. The molecule has 0 bridgehead atoms. The summed E-state index contributed by atoms with van der Waals surface area (Å²) in [5.41, 5.74) is 0. The van der Waals surface area contributed by atoms with Crippen molar-refractivity contribution in [2.45, 2.75) is 167 Å². The highest BCUT2D eigenvalue weighted by Gasteiger charge is 2.37. The average molecular weight is 600 g/mol. The van der Waals surface area contributed by atoms with Crippen LogP contribution in [0.3, 0.4) is 0 Å². The molecule has 3 nitrogen and oxygen atoms in total. The van der Waals surface area contributed by atoms with E-state index in [2.05, 4.69) is 81.5 Å². The highest BCUT2D eigenvalue weighted by atomic mass is 16.7. The highest BCUT2D eigenvalue weighted by Crippen LogP contribution is 2.38. The number of allylic oxidation sites excluding steroid dienone is 8. The van der Waals surface area contributed by atoms with Gasteiger partial charge >= 0.3 is 0 Å². The zero-order valence-corrected chi connectivity index (χ0v) is 29.3. The number of nitrogens with zero attached hydrogens (tertiary/aromatic N) is 1. The zero-order valence-electron chi connectivity index (χ0n) is 29.3. The molecule has 3 heteroatoms. The molecule has 0 N–H and O–H groups in total. The Balaban J connectivity index is 2.24. The van der Waals surface area contributed by atoms with Gasteiger partial charge in [-0.2, -0.15) is 0 Å². The summed E-state index contributed by atoms with van der Waals surface area (Å²) >= 11 is 0. The van der Waals surface area contributed by atoms with Crippen molar-refractivity contribution in [3.8, 4) is 0 Å². The van der Waals surface area contributed by atoms with E-state index in [1.54, 1.807) is 0 Å². The molecule has 0 aromatic rings. The van der Waals surface area contributed by atoms with Crippen molar-refractivity contribution in [3.05, 3.63) is 48.6 Å². The van der Waals surface area contributed by atoms with Crippen LogP contribution in [0.15, 0.2) is 48.6 Å². The molecule has 0 saturated heterocycles. The smallest absolute Gasteiger partial charge is 0.168 e. The van der Waals surface area contributed by atoms with Gasteiger partial charge in [0.15, 0.2) is 5.79 Å². The lowest BCUT2D eigenvalue weighted by Gasteiger charge is -2.40. The van der Waals surface area contributed by atoms with E-state index in [1.165, 1.54) is 122 Å². The summed E-state index contributed by atoms with van der Waals surface area (Å²) < 4.78 is 13.2. The van der Waals surface area contributed by atoms with Gasteiger partial charge in [0.2, 0.25) is 0 Å². The van der Waals surface area contributed by atoms with E-state index < -0.39 is 0 Å². The van der Waals surface area contributed by atoms with Crippen LogP contribution >= 0.6 is 0 Å². The van der Waals surface area contributed by atoms with E-state index in [9.17, 15) is 0 Å². The molecule has 0 aromatic heterocycles. The zero-order chi connectivity index (χ0) is 31.1. The van der Waals surface area contributed by atoms with Crippen LogP contribution in [-0.4, -0.2) is 44.5 Å². The summed E-state index contributed by atoms with van der Waals surface area (Å²) in [6.07, 6.45) is 46.8. The minimum atomic E-state index is -0.325. The molecular formula is C40H73NO2. The normalized spacial score (nSPS) is 19.8. The first kappa shape index (κ1) is 39.9. The second kappa shape index (κ2) is 29.5. The Labute approximate surface area is 269 Å². The fraction of sp³-hybridized carbons (Fsp3) is 0.800. The van der Waals surface area contributed by atoms with Crippen LogP contribution in [0, 0.1) is 5.92 Å². The van der Waals surface area contributed by atoms with Crippen LogP contribution < -0.4 is 0 Å².